The summed E-state index contributed by atoms with van der Waals surface area (Å²) in [6, 6.07) is 10.6. The summed E-state index contributed by atoms with van der Waals surface area (Å²) in [6.45, 7) is 0. The number of nitrogens with zero attached hydrogens (tertiary/aromatic N) is 2. The van der Waals surface area contributed by atoms with Crippen LogP contribution >= 0.6 is 0 Å². The topological polar surface area (TPSA) is 85.1 Å². The van der Waals surface area contributed by atoms with Gasteiger partial charge in [0.25, 0.3) is 11.6 Å². The predicted molar refractivity (Wildman–Crippen MR) is 65.3 cm³/mol. The number of nitro benzene ring substituents is 1. The Morgan fingerprint density at radius 3 is 2.44 bits per heavy atom. The Morgan fingerprint density at radius 1 is 1.17 bits per heavy atom. The van der Waals surface area contributed by atoms with Crippen LogP contribution in [-0.2, 0) is 0 Å². The number of nitro groups is 1. The average molecular weight is 243 g/mol. The summed E-state index contributed by atoms with van der Waals surface area (Å²) in [7, 11) is 0. The highest BCUT2D eigenvalue weighted by Crippen LogP contribution is 2.15. The van der Waals surface area contributed by atoms with Crippen LogP contribution in [0.25, 0.3) is 0 Å². The Bertz CT molecular complexity index is 567. The number of pyridine rings is 1. The molecule has 0 aliphatic carbocycles. The van der Waals surface area contributed by atoms with Gasteiger partial charge >= 0.3 is 0 Å². The molecule has 1 heterocycles. The number of rotatable bonds is 3. The van der Waals surface area contributed by atoms with E-state index in [4.69, 9.17) is 0 Å². The monoisotopic (exact) mass is 243 g/mol. The van der Waals surface area contributed by atoms with Crippen molar-refractivity contribution in [1.82, 2.24) is 4.98 Å². The highest BCUT2D eigenvalue weighted by atomic mass is 16.6. The molecule has 0 radical (unpaired) electrons. The van der Waals surface area contributed by atoms with Crippen LogP contribution in [0.3, 0.4) is 0 Å². The minimum atomic E-state index is -0.496. The van der Waals surface area contributed by atoms with Gasteiger partial charge in [-0.25, -0.2) is 0 Å². The third kappa shape index (κ3) is 2.67. The van der Waals surface area contributed by atoms with Crippen molar-refractivity contribution in [1.29, 1.82) is 0 Å². The highest BCUT2D eigenvalue weighted by molar-refractivity contribution is 6.02. The molecule has 1 aromatic carbocycles. The molecule has 0 spiro atoms. The third-order valence-corrected chi connectivity index (χ3v) is 2.23. The first kappa shape index (κ1) is 11.7. The van der Waals surface area contributed by atoms with Gasteiger partial charge in [0.1, 0.15) is 5.69 Å². The van der Waals surface area contributed by atoms with E-state index in [2.05, 4.69) is 10.3 Å². The Hall–Kier alpha value is -2.76. The number of amides is 1. The average Bonchev–Trinajstić information content (AvgIpc) is 2.40. The summed E-state index contributed by atoms with van der Waals surface area (Å²) >= 11 is 0. The lowest BCUT2D eigenvalue weighted by Gasteiger charge is -2.03. The molecule has 2 rings (SSSR count). The summed E-state index contributed by atoms with van der Waals surface area (Å²) in [5.41, 5.74) is 0.748. The first-order valence-corrected chi connectivity index (χ1v) is 5.13. The Morgan fingerprint density at radius 2 is 1.89 bits per heavy atom. The van der Waals surface area contributed by atoms with Gasteiger partial charge in [-0.2, -0.15) is 0 Å². The molecule has 90 valence electrons. The van der Waals surface area contributed by atoms with Crippen LogP contribution in [0.4, 0.5) is 11.4 Å². The number of anilines is 1. The van der Waals surface area contributed by atoms with Crippen molar-refractivity contribution in [2.45, 2.75) is 0 Å². The zero-order chi connectivity index (χ0) is 13.0. The molecule has 0 saturated heterocycles. The molecule has 1 amide bonds. The molecule has 1 aromatic heterocycles. The van der Waals surface area contributed by atoms with Crippen LogP contribution < -0.4 is 5.32 Å². The maximum absolute atomic E-state index is 11.7. The SMILES string of the molecule is O=C(Nc1ccc([N+](=O)[O-])cc1)c1ccccn1. The van der Waals surface area contributed by atoms with E-state index in [-0.39, 0.29) is 17.3 Å². The van der Waals surface area contributed by atoms with Crippen molar-refractivity contribution >= 4 is 17.3 Å². The molecular formula is C12H9N3O3. The van der Waals surface area contributed by atoms with E-state index in [1.807, 2.05) is 0 Å². The van der Waals surface area contributed by atoms with Gasteiger partial charge in [0.2, 0.25) is 0 Å². The van der Waals surface area contributed by atoms with Gasteiger partial charge in [-0.1, -0.05) is 6.07 Å². The van der Waals surface area contributed by atoms with E-state index in [0.717, 1.165) is 0 Å². The first-order valence-electron chi connectivity index (χ1n) is 5.13. The number of aromatic nitrogens is 1. The zero-order valence-electron chi connectivity index (χ0n) is 9.24. The van der Waals surface area contributed by atoms with E-state index < -0.39 is 4.92 Å². The Kier molecular flexibility index (Phi) is 3.29. The largest absolute Gasteiger partial charge is 0.321 e. The van der Waals surface area contributed by atoms with Crippen LogP contribution in [0.5, 0.6) is 0 Å². The van der Waals surface area contributed by atoms with Crippen molar-refractivity contribution in [3.8, 4) is 0 Å². The fourth-order valence-electron chi connectivity index (χ4n) is 1.36. The van der Waals surface area contributed by atoms with Gasteiger partial charge in [0.15, 0.2) is 0 Å². The van der Waals surface area contributed by atoms with Crippen LogP contribution in [0.15, 0.2) is 48.7 Å². The fourth-order valence-corrected chi connectivity index (χ4v) is 1.36. The molecule has 0 bridgehead atoms. The predicted octanol–water partition coefficient (Wildman–Crippen LogP) is 2.24. The molecule has 0 fully saturated rings. The van der Waals surface area contributed by atoms with Gasteiger partial charge in [-0.15, -0.1) is 0 Å². The van der Waals surface area contributed by atoms with Gasteiger partial charge in [0.05, 0.1) is 4.92 Å². The van der Waals surface area contributed by atoms with E-state index in [1.165, 1.54) is 30.5 Å². The Balaban J connectivity index is 2.10. The van der Waals surface area contributed by atoms with Crippen LogP contribution in [0, 0.1) is 10.1 Å². The summed E-state index contributed by atoms with van der Waals surface area (Å²) < 4.78 is 0. The van der Waals surface area contributed by atoms with Crippen LogP contribution in [0.2, 0.25) is 0 Å². The minimum Gasteiger partial charge on any atom is -0.321 e. The second kappa shape index (κ2) is 5.05. The summed E-state index contributed by atoms with van der Waals surface area (Å²) in [4.78, 5) is 25.6. The number of benzene rings is 1. The van der Waals surface area contributed by atoms with Crippen molar-refractivity contribution in [2.24, 2.45) is 0 Å². The molecule has 0 saturated carbocycles. The molecule has 0 atom stereocenters. The molecule has 0 aliphatic heterocycles. The maximum atomic E-state index is 11.7. The van der Waals surface area contributed by atoms with Crippen LogP contribution in [0.1, 0.15) is 10.5 Å². The van der Waals surface area contributed by atoms with Crippen molar-refractivity contribution < 1.29 is 9.72 Å². The minimum absolute atomic E-state index is 0.0224. The second-order valence-electron chi connectivity index (χ2n) is 3.47. The summed E-state index contributed by atoms with van der Waals surface area (Å²) in [5.74, 6) is -0.357. The van der Waals surface area contributed by atoms with Crippen molar-refractivity contribution in [3.05, 3.63) is 64.5 Å². The van der Waals surface area contributed by atoms with Gasteiger partial charge in [-0.3, -0.25) is 19.9 Å². The highest BCUT2D eigenvalue weighted by Gasteiger charge is 2.08. The number of carbonyl (C=O) groups excluding carboxylic acids is 1. The van der Waals surface area contributed by atoms with Crippen LogP contribution in [-0.4, -0.2) is 15.8 Å². The van der Waals surface area contributed by atoms with E-state index in [1.54, 1.807) is 18.2 Å². The molecule has 6 heteroatoms. The maximum Gasteiger partial charge on any atom is 0.274 e. The van der Waals surface area contributed by atoms with Crippen molar-refractivity contribution in [2.75, 3.05) is 5.32 Å². The number of non-ortho nitro benzene ring substituents is 1. The normalized spacial score (nSPS) is 9.78. The Labute approximate surface area is 102 Å². The fraction of sp³-hybridized carbons (Fsp3) is 0. The molecule has 2 aromatic rings. The van der Waals surface area contributed by atoms with E-state index in [9.17, 15) is 14.9 Å². The quantitative estimate of drug-likeness (QED) is 0.661. The standard InChI is InChI=1S/C12H9N3O3/c16-12(11-3-1-2-8-13-11)14-9-4-6-10(7-5-9)15(17)18/h1-8H,(H,14,16). The number of carbonyl (C=O) groups is 1. The third-order valence-electron chi connectivity index (χ3n) is 2.23. The first-order chi connectivity index (χ1) is 8.66. The van der Waals surface area contributed by atoms with Gasteiger partial charge in [-0.05, 0) is 24.3 Å². The number of nitrogens with one attached hydrogen (secondary N) is 1. The van der Waals surface area contributed by atoms with Gasteiger partial charge in [0, 0.05) is 24.0 Å². The second-order valence-corrected chi connectivity index (χ2v) is 3.47. The molecule has 6 nitrogen and oxygen atoms in total. The summed E-state index contributed by atoms with van der Waals surface area (Å²) in [5, 5.41) is 13.1. The van der Waals surface area contributed by atoms with Crippen molar-refractivity contribution in [3.63, 3.8) is 0 Å². The smallest absolute Gasteiger partial charge is 0.274 e. The van der Waals surface area contributed by atoms with E-state index in [0.29, 0.717) is 5.69 Å². The molecular weight excluding hydrogens is 234 g/mol. The summed E-state index contributed by atoms with van der Waals surface area (Å²) in [6.07, 6.45) is 1.52. The molecule has 1 N–H and O–H groups in total. The van der Waals surface area contributed by atoms with Gasteiger partial charge < -0.3 is 5.32 Å². The number of hydrogen-bond donors (Lipinski definition) is 1. The van der Waals surface area contributed by atoms with E-state index >= 15 is 0 Å². The zero-order valence-corrected chi connectivity index (χ0v) is 9.24. The molecule has 18 heavy (non-hydrogen) atoms. The molecule has 0 unspecified atom stereocenters. The lowest BCUT2D eigenvalue weighted by Crippen LogP contribution is -2.13. The lowest BCUT2D eigenvalue weighted by molar-refractivity contribution is -0.384. The molecule has 0 aliphatic rings. The number of hydrogen-bond acceptors (Lipinski definition) is 4. The lowest BCUT2D eigenvalue weighted by atomic mass is 10.2.